The zero-order chi connectivity index (χ0) is 33.3. The molecule has 0 fully saturated rings. The van der Waals surface area contributed by atoms with Crippen molar-refractivity contribution >= 4 is 35.7 Å². The van der Waals surface area contributed by atoms with Crippen LogP contribution in [0.4, 0.5) is 0 Å². The van der Waals surface area contributed by atoms with Crippen LogP contribution in [0.3, 0.4) is 0 Å². The highest BCUT2D eigenvalue weighted by Crippen LogP contribution is 2.18. The predicted octanol–water partition coefficient (Wildman–Crippen LogP) is 15.8. The summed E-state index contributed by atoms with van der Waals surface area (Å²) in [6, 6.07) is 1.10. The van der Waals surface area contributed by atoms with E-state index < -0.39 is 7.42 Å². The molecule has 0 heterocycles. The summed E-state index contributed by atoms with van der Waals surface area (Å²) in [5.41, 5.74) is 0. The van der Waals surface area contributed by atoms with Gasteiger partial charge >= 0.3 is 0 Å². The third kappa shape index (κ3) is 44.2. The zero-order valence-corrected chi connectivity index (χ0v) is 33.6. The van der Waals surface area contributed by atoms with E-state index in [0.29, 0.717) is 6.54 Å². The maximum atomic E-state index is 10.0. The minimum absolute atomic E-state index is 0.668. The molecule has 0 N–H and O–H groups in total. The van der Waals surface area contributed by atoms with Gasteiger partial charge in [-0.05, 0) is 12.5 Å². The van der Waals surface area contributed by atoms with Crippen LogP contribution in [0.1, 0.15) is 244 Å². The van der Waals surface area contributed by atoms with E-state index in [2.05, 4.69) is 4.99 Å². The van der Waals surface area contributed by atoms with Gasteiger partial charge in [-0.25, -0.2) is 9.79 Å². The molecule has 0 aromatic carbocycles. The second kappa shape index (κ2) is 43.2. The minimum atomic E-state index is -1.34. The second-order valence-electron chi connectivity index (χ2n) is 14.6. The highest BCUT2D eigenvalue weighted by Gasteiger charge is 2.01. The standard InChI is InChI=1S/C41H81Cl2NOSi/c42-46(43)40-38-36-34-32-30-28-26-24-22-20-18-16-14-12-10-8-6-4-2-1-3-5-7-9-11-13-15-17-19-21-23-25-27-29-31-33-35-37-39-44-41-45/h46H,1-40H2. The van der Waals surface area contributed by atoms with Crippen molar-refractivity contribution in [3.8, 4) is 0 Å². The van der Waals surface area contributed by atoms with Crippen LogP contribution in [0.15, 0.2) is 4.99 Å². The fourth-order valence-electron chi connectivity index (χ4n) is 6.90. The van der Waals surface area contributed by atoms with Crippen LogP contribution in [0, 0.1) is 0 Å². The number of carbonyl (C=O) groups excluding carboxylic acids is 1. The normalized spacial score (nSPS) is 11.5. The SMILES string of the molecule is O=C=NCCCCCCCCCCCCCCCCCCCCCCCCCCCCCCCCCCCCCCCC[SiH](Cl)Cl. The molecule has 0 bridgehead atoms. The Morgan fingerprint density at radius 1 is 0.304 bits per heavy atom. The number of isocyanates is 1. The Balaban J connectivity index is 3.05. The molecule has 0 aromatic rings. The molecule has 0 rings (SSSR count). The van der Waals surface area contributed by atoms with E-state index >= 15 is 0 Å². The average Bonchev–Trinajstić information content (AvgIpc) is 3.05. The lowest BCUT2D eigenvalue weighted by molar-refractivity contribution is 0.510. The van der Waals surface area contributed by atoms with Crippen LogP contribution < -0.4 is 0 Å². The van der Waals surface area contributed by atoms with Gasteiger partial charge in [-0.2, -0.15) is 22.2 Å². The fourth-order valence-corrected chi connectivity index (χ4v) is 8.42. The highest BCUT2D eigenvalue weighted by molar-refractivity contribution is 7.33. The summed E-state index contributed by atoms with van der Waals surface area (Å²) >= 11 is 11.8. The lowest BCUT2D eigenvalue weighted by Crippen LogP contribution is -1.91. The molecule has 0 aliphatic heterocycles. The van der Waals surface area contributed by atoms with Gasteiger partial charge in [0.15, 0.2) is 0 Å². The molecule has 0 amide bonds. The maximum absolute atomic E-state index is 10.0. The highest BCUT2D eigenvalue weighted by atomic mass is 35.7. The third-order valence-electron chi connectivity index (χ3n) is 10.0. The Morgan fingerprint density at radius 2 is 0.478 bits per heavy atom. The molecule has 0 radical (unpaired) electrons. The summed E-state index contributed by atoms with van der Waals surface area (Å²) in [5, 5.41) is 0. The van der Waals surface area contributed by atoms with E-state index in [-0.39, 0.29) is 0 Å². The van der Waals surface area contributed by atoms with Crippen LogP contribution in [-0.2, 0) is 4.79 Å². The molecule has 0 aliphatic rings. The Hall–Kier alpha value is 0.177. The van der Waals surface area contributed by atoms with Crippen molar-refractivity contribution in [3.63, 3.8) is 0 Å². The molecule has 0 aromatic heterocycles. The van der Waals surface area contributed by atoms with E-state index in [1.165, 1.54) is 238 Å². The van der Waals surface area contributed by atoms with E-state index in [0.717, 1.165) is 12.5 Å². The van der Waals surface area contributed by atoms with Gasteiger partial charge in [-0.3, -0.25) is 0 Å². The second-order valence-corrected chi connectivity index (χ2v) is 19.8. The zero-order valence-electron chi connectivity index (χ0n) is 31.0. The van der Waals surface area contributed by atoms with Gasteiger partial charge in [0.1, 0.15) is 0 Å². The summed E-state index contributed by atoms with van der Waals surface area (Å²) in [7, 11) is -1.34. The molecule has 0 unspecified atom stereocenters. The van der Waals surface area contributed by atoms with Crippen molar-refractivity contribution in [2.45, 2.75) is 250 Å². The van der Waals surface area contributed by atoms with E-state index in [4.69, 9.17) is 22.2 Å². The molecule has 46 heavy (non-hydrogen) atoms. The Kier molecular flexibility index (Phi) is 43.4. The number of halogens is 2. The molecule has 274 valence electrons. The molecule has 0 saturated heterocycles. The maximum Gasteiger partial charge on any atom is 0.237 e. The van der Waals surface area contributed by atoms with Gasteiger partial charge in [0, 0.05) is 0 Å². The van der Waals surface area contributed by atoms with Gasteiger partial charge in [-0.15, -0.1) is 0 Å². The first-order valence-electron chi connectivity index (χ1n) is 21.1. The number of unbranched alkanes of at least 4 members (excludes halogenated alkanes) is 37. The first-order valence-corrected chi connectivity index (χ1v) is 25.4. The summed E-state index contributed by atoms with van der Waals surface area (Å²) in [4.78, 5) is 13.6. The van der Waals surface area contributed by atoms with Crippen LogP contribution >= 0.6 is 22.2 Å². The van der Waals surface area contributed by atoms with Crippen molar-refractivity contribution in [2.75, 3.05) is 6.54 Å². The first-order chi connectivity index (χ1) is 22.8. The third-order valence-corrected chi connectivity index (χ3v) is 12.2. The number of nitrogens with zero attached hydrogens (tertiary/aromatic N) is 1. The van der Waals surface area contributed by atoms with E-state index in [1.807, 2.05) is 0 Å². The monoisotopic (exact) mass is 702 g/mol. The summed E-state index contributed by atoms with van der Waals surface area (Å²) < 4.78 is 0. The largest absolute Gasteiger partial charge is 0.237 e. The quantitative estimate of drug-likeness (QED) is 0.0205. The van der Waals surface area contributed by atoms with Crippen molar-refractivity contribution in [3.05, 3.63) is 0 Å². The topological polar surface area (TPSA) is 29.4 Å². The summed E-state index contributed by atoms with van der Waals surface area (Å²) in [5.74, 6) is 0. The molecular formula is C41H81Cl2NOSi. The van der Waals surface area contributed by atoms with Crippen LogP contribution in [-0.4, -0.2) is 20.0 Å². The molecule has 0 saturated carbocycles. The van der Waals surface area contributed by atoms with Crippen molar-refractivity contribution in [2.24, 2.45) is 4.99 Å². The number of aliphatic imine (C=N–C) groups is 1. The lowest BCUT2D eigenvalue weighted by atomic mass is 10.0. The molecule has 0 atom stereocenters. The van der Waals surface area contributed by atoms with E-state index in [9.17, 15) is 4.79 Å². The van der Waals surface area contributed by atoms with Crippen LogP contribution in [0.25, 0.3) is 0 Å². The Labute approximate surface area is 300 Å². The fraction of sp³-hybridized carbons (Fsp3) is 0.976. The smallest absolute Gasteiger partial charge is 0.211 e. The lowest BCUT2D eigenvalue weighted by Gasteiger charge is -2.05. The number of rotatable bonds is 41. The van der Waals surface area contributed by atoms with E-state index in [1.54, 1.807) is 6.08 Å². The Morgan fingerprint density at radius 3 is 0.652 bits per heavy atom. The molecule has 0 spiro atoms. The van der Waals surface area contributed by atoms with Crippen LogP contribution in [0.5, 0.6) is 0 Å². The number of hydrogen-bond donors (Lipinski definition) is 0. The van der Waals surface area contributed by atoms with Crippen molar-refractivity contribution in [1.82, 2.24) is 0 Å². The average molecular weight is 703 g/mol. The van der Waals surface area contributed by atoms with Gasteiger partial charge in [-0.1, -0.05) is 238 Å². The van der Waals surface area contributed by atoms with Crippen LogP contribution in [0.2, 0.25) is 6.04 Å². The molecule has 2 nitrogen and oxygen atoms in total. The molecular weight excluding hydrogens is 621 g/mol. The summed E-state index contributed by atoms with van der Waals surface area (Å²) in [6.45, 7) is 0.668. The molecule has 0 aliphatic carbocycles. The van der Waals surface area contributed by atoms with Gasteiger partial charge < -0.3 is 0 Å². The van der Waals surface area contributed by atoms with Gasteiger partial charge in [0.25, 0.3) is 0 Å². The van der Waals surface area contributed by atoms with Crippen molar-refractivity contribution < 1.29 is 4.79 Å². The summed E-state index contributed by atoms with van der Waals surface area (Å²) in [6.07, 6.45) is 55.6. The van der Waals surface area contributed by atoms with Gasteiger partial charge in [0.05, 0.1) is 6.54 Å². The van der Waals surface area contributed by atoms with Gasteiger partial charge in [0.2, 0.25) is 13.5 Å². The minimum Gasteiger partial charge on any atom is -0.211 e. The number of hydrogen-bond acceptors (Lipinski definition) is 2. The van der Waals surface area contributed by atoms with Crippen molar-refractivity contribution in [1.29, 1.82) is 0 Å². The Bertz CT molecular complexity index is 599. The molecule has 5 heteroatoms. The predicted molar refractivity (Wildman–Crippen MR) is 212 cm³/mol. The first kappa shape index (κ1) is 46.2.